The Kier molecular flexibility index (Phi) is 5.24. The molecule has 1 aromatic carbocycles. The van der Waals surface area contributed by atoms with Gasteiger partial charge in [0.05, 0.1) is 11.4 Å². The van der Waals surface area contributed by atoms with E-state index in [-0.39, 0.29) is 23.4 Å². The van der Waals surface area contributed by atoms with Gasteiger partial charge in [0.2, 0.25) is 15.9 Å². The first-order valence-electron chi connectivity index (χ1n) is 7.63. The van der Waals surface area contributed by atoms with Gasteiger partial charge < -0.3 is 5.32 Å². The maximum absolute atomic E-state index is 12.6. The van der Waals surface area contributed by atoms with Crippen molar-refractivity contribution in [2.45, 2.75) is 50.5 Å². The first kappa shape index (κ1) is 17.0. The van der Waals surface area contributed by atoms with Gasteiger partial charge in [0.25, 0.3) is 0 Å². The van der Waals surface area contributed by atoms with E-state index < -0.39 is 10.0 Å². The van der Waals surface area contributed by atoms with Gasteiger partial charge in [-0.05, 0) is 43.9 Å². The predicted octanol–water partition coefficient (Wildman–Crippen LogP) is 1.98. The zero-order chi connectivity index (χ0) is 16.3. The van der Waals surface area contributed by atoms with Gasteiger partial charge in [0, 0.05) is 13.1 Å². The summed E-state index contributed by atoms with van der Waals surface area (Å²) in [6, 6.07) is 5.51. The number of amides is 1. The van der Waals surface area contributed by atoms with E-state index in [1.165, 1.54) is 7.05 Å². The smallest absolute Gasteiger partial charge is 0.243 e. The second kappa shape index (κ2) is 6.79. The molecule has 6 heteroatoms. The molecule has 1 aliphatic rings. The van der Waals surface area contributed by atoms with Crippen LogP contribution in [0.3, 0.4) is 0 Å². The molecule has 1 amide bonds. The van der Waals surface area contributed by atoms with Crippen LogP contribution in [0.15, 0.2) is 23.1 Å². The van der Waals surface area contributed by atoms with Gasteiger partial charge in [0.15, 0.2) is 0 Å². The fourth-order valence-electron chi connectivity index (χ4n) is 2.78. The molecular formula is C16H24N2O3S. The molecule has 1 aromatic rings. The van der Waals surface area contributed by atoms with E-state index in [1.54, 1.807) is 19.1 Å². The number of carbonyl (C=O) groups is 1. The summed E-state index contributed by atoms with van der Waals surface area (Å²) in [7, 11) is -2.20. The van der Waals surface area contributed by atoms with Gasteiger partial charge >= 0.3 is 0 Å². The van der Waals surface area contributed by atoms with Crippen molar-refractivity contribution in [3.63, 3.8) is 0 Å². The summed E-state index contributed by atoms with van der Waals surface area (Å²) in [6.45, 7) is 3.47. The molecule has 0 saturated heterocycles. The lowest BCUT2D eigenvalue weighted by atomic mass is 10.2. The molecular weight excluding hydrogens is 300 g/mol. The maximum Gasteiger partial charge on any atom is 0.243 e. The average molecular weight is 324 g/mol. The highest BCUT2D eigenvalue weighted by molar-refractivity contribution is 7.89. The lowest BCUT2D eigenvalue weighted by Crippen LogP contribution is -2.41. The van der Waals surface area contributed by atoms with Gasteiger partial charge in [-0.3, -0.25) is 4.79 Å². The first-order valence-corrected chi connectivity index (χ1v) is 9.07. The summed E-state index contributed by atoms with van der Waals surface area (Å²) in [5, 5.41) is 2.91. The van der Waals surface area contributed by atoms with Crippen molar-refractivity contribution in [1.29, 1.82) is 0 Å². The minimum absolute atomic E-state index is 0.147. The molecule has 0 atom stereocenters. The Balaban J connectivity index is 2.08. The zero-order valence-corrected chi connectivity index (χ0v) is 14.2. The Bertz CT molecular complexity index is 649. The van der Waals surface area contributed by atoms with Crippen LogP contribution in [-0.2, 0) is 14.8 Å². The molecule has 0 radical (unpaired) electrons. The summed E-state index contributed by atoms with van der Waals surface area (Å²) < 4.78 is 26.4. The third-order valence-corrected chi connectivity index (χ3v) is 6.06. The number of nitrogens with one attached hydrogen (secondary N) is 1. The normalized spacial score (nSPS) is 16.2. The second-order valence-corrected chi connectivity index (χ2v) is 8.09. The Morgan fingerprint density at radius 2 is 1.91 bits per heavy atom. The minimum Gasteiger partial charge on any atom is -0.352 e. The predicted molar refractivity (Wildman–Crippen MR) is 86.1 cm³/mol. The van der Waals surface area contributed by atoms with Crippen LogP contribution in [0.1, 0.15) is 36.8 Å². The SMILES string of the molecule is Cc1ccc(C)c(S(=O)(=O)N(C)CC(=O)NC2CCCC2)c1. The van der Waals surface area contributed by atoms with E-state index in [4.69, 9.17) is 0 Å². The summed E-state index contributed by atoms with van der Waals surface area (Å²) in [5.41, 5.74) is 1.57. The molecule has 1 saturated carbocycles. The number of likely N-dealkylation sites (N-methyl/N-ethyl adjacent to an activating group) is 1. The standard InChI is InChI=1S/C16H24N2O3S/c1-12-8-9-13(2)15(10-12)22(20,21)18(3)11-16(19)17-14-6-4-5-7-14/h8-10,14H,4-7,11H2,1-3H3,(H,17,19). The molecule has 1 aliphatic carbocycles. The fourth-order valence-corrected chi connectivity index (χ4v) is 4.22. The van der Waals surface area contributed by atoms with Crippen LogP contribution in [0.25, 0.3) is 0 Å². The average Bonchev–Trinajstić information content (AvgIpc) is 2.93. The highest BCUT2D eigenvalue weighted by Gasteiger charge is 2.26. The number of aryl methyl sites for hydroxylation is 2. The minimum atomic E-state index is -3.65. The largest absolute Gasteiger partial charge is 0.352 e. The van der Waals surface area contributed by atoms with Crippen molar-refractivity contribution in [2.75, 3.05) is 13.6 Å². The Labute approximate surface area is 132 Å². The molecule has 122 valence electrons. The Morgan fingerprint density at radius 1 is 1.27 bits per heavy atom. The molecule has 0 spiro atoms. The zero-order valence-electron chi connectivity index (χ0n) is 13.4. The molecule has 22 heavy (non-hydrogen) atoms. The Hall–Kier alpha value is -1.40. The van der Waals surface area contributed by atoms with Crippen LogP contribution in [0, 0.1) is 13.8 Å². The van der Waals surface area contributed by atoms with Gasteiger partial charge in [-0.2, -0.15) is 4.31 Å². The molecule has 0 heterocycles. The van der Waals surface area contributed by atoms with Gasteiger partial charge in [0.1, 0.15) is 0 Å². The number of nitrogens with zero attached hydrogens (tertiary/aromatic N) is 1. The quantitative estimate of drug-likeness (QED) is 0.900. The third-order valence-electron chi connectivity index (χ3n) is 4.12. The van der Waals surface area contributed by atoms with Gasteiger partial charge in [-0.1, -0.05) is 25.0 Å². The number of sulfonamides is 1. The van der Waals surface area contributed by atoms with Crippen molar-refractivity contribution in [1.82, 2.24) is 9.62 Å². The fraction of sp³-hybridized carbons (Fsp3) is 0.562. The van der Waals surface area contributed by atoms with Crippen LogP contribution in [-0.4, -0.2) is 38.3 Å². The lowest BCUT2D eigenvalue weighted by Gasteiger charge is -2.20. The highest BCUT2D eigenvalue weighted by Crippen LogP contribution is 2.21. The van der Waals surface area contributed by atoms with Crippen molar-refractivity contribution in [2.24, 2.45) is 0 Å². The van der Waals surface area contributed by atoms with Crippen molar-refractivity contribution < 1.29 is 13.2 Å². The van der Waals surface area contributed by atoms with Crippen LogP contribution in [0.5, 0.6) is 0 Å². The van der Waals surface area contributed by atoms with E-state index in [2.05, 4.69) is 5.32 Å². The number of benzene rings is 1. The van der Waals surface area contributed by atoms with Crippen LogP contribution < -0.4 is 5.32 Å². The lowest BCUT2D eigenvalue weighted by molar-refractivity contribution is -0.121. The summed E-state index contributed by atoms with van der Waals surface area (Å²) in [5.74, 6) is -0.233. The number of hydrogen-bond acceptors (Lipinski definition) is 3. The first-order chi connectivity index (χ1) is 10.3. The van der Waals surface area contributed by atoms with Gasteiger partial charge in [-0.15, -0.1) is 0 Å². The molecule has 0 unspecified atom stereocenters. The van der Waals surface area contributed by atoms with E-state index >= 15 is 0 Å². The number of carbonyl (C=O) groups excluding carboxylic acids is 1. The topological polar surface area (TPSA) is 66.5 Å². The van der Waals surface area contributed by atoms with E-state index in [0.717, 1.165) is 35.6 Å². The molecule has 0 aliphatic heterocycles. The molecule has 5 nitrogen and oxygen atoms in total. The number of hydrogen-bond donors (Lipinski definition) is 1. The summed E-state index contributed by atoms with van der Waals surface area (Å²) in [4.78, 5) is 12.3. The third kappa shape index (κ3) is 3.87. The highest BCUT2D eigenvalue weighted by atomic mass is 32.2. The van der Waals surface area contributed by atoms with Crippen LogP contribution >= 0.6 is 0 Å². The maximum atomic E-state index is 12.6. The number of rotatable bonds is 5. The van der Waals surface area contributed by atoms with Crippen molar-refractivity contribution in [3.8, 4) is 0 Å². The molecule has 0 bridgehead atoms. The second-order valence-electron chi connectivity index (χ2n) is 6.08. The summed E-state index contributed by atoms with van der Waals surface area (Å²) >= 11 is 0. The molecule has 1 fully saturated rings. The van der Waals surface area contributed by atoms with Crippen molar-refractivity contribution in [3.05, 3.63) is 29.3 Å². The summed E-state index contributed by atoms with van der Waals surface area (Å²) in [6.07, 6.45) is 4.22. The Morgan fingerprint density at radius 3 is 2.55 bits per heavy atom. The van der Waals surface area contributed by atoms with E-state index in [1.807, 2.05) is 13.0 Å². The van der Waals surface area contributed by atoms with E-state index in [9.17, 15) is 13.2 Å². The van der Waals surface area contributed by atoms with Crippen LogP contribution in [0.4, 0.5) is 0 Å². The molecule has 2 rings (SSSR count). The van der Waals surface area contributed by atoms with E-state index in [0.29, 0.717) is 5.56 Å². The molecule has 0 aromatic heterocycles. The molecule has 1 N–H and O–H groups in total. The van der Waals surface area contributed by atoms with Crippen molar-refractivity contribution >= 4 is 15.9 Å². The van der Waals surface area contributed by atoms with Gasteiger partial charge in [-0.25, -0.2) is 8.42 Å². The van der Waals surface area contributed by atoms with Crippen LogP contribution in [0.2, 0.25) is 0 Å². The monoisotopic (exact) mass is 324 g/mol.